The van der Waals surface area contributed by atoms with Crippen LogP contribution in [0.15, 0.2) is 47.4 Å². The van der Waals surface area contributed by atoms with Crippen molar-refractivity contribution in [2.45, 2.75) is 18.8 Å². The first kappa shape index (κ1) is 17.4. The van der Waals surface area contributed by atoms with Gasteiger partial charge < -0.3 is 15.6 Å². The molecule has 0 aliphatic carbocycles. The highest BCUT2D eigenvalue weighted by atomic mass is 16.1. The zero-order valence-corrected chi connectivity index (χ0v) is 15.6. The fourth-order valence-electron chi connectivity index (χ4n) is 3.97. The Morgan fingerprint density at radius 3 is 2.83 bits per heavy atom. The van der Waals surface area contributed by atoms with Gasteiger partial charge in [-0.05, 0) is 50.2 Å². The van der Waals surface area contributed by atoms with Crippen molar-refractivity contribution < 1.29 is 0 Å². The van der Waals surface area contributed by atoms with E-state index in [0.717, 1.165) is 48.2 Å². The summed E-state index contributed by atoms with van der Waals surface area (Å²) in [6.45, 7) is 1.88. The Labute approximate surface area is 166 Å². The van der Waals surface area contributed by atoms with Crippen molar-refractivity contribution in [3.8, 4) is 6.07 Å². The van der Waals surface area contributed by atoms with Crippen LogP contribution in [0.25, 0.3) is 16.6 Å². The van der Waals surface area contributed by atoms with E-state index in [4.69, 9.17) is 10.4 Å². The van der Waals surface area contributed by atoms with Gasteiger partial charge in [-0.2, -0.15) is 10.4 Å². The SMILES string of the molecule is N#Cc1ccc(Nc2cccc3nn4c(C5CCNCC5)cc(=O)[nH]c4c23)nc1. The minimum absolute atomic E-state index is 0.126. The number of pyridine rings is 1. The molecule has 29 heavy (non-hydrogen) atoms. The number of piperidine rings is 1. The number of aromatic nitrogens is 4. The molecule has 8 heteroatoms. The molecule has 1 fully saturated rings. The van der Waals surface area contributed by atoms with Crippen LogP contribution in [0.3, 0.4) is 0 Å². The van der Waals surface area contributed by atoms with E-state index in [9.17, 15) is 4.79 Å². The minimum atomic E-state index is -0.126. The quantitative estimate of drug-likeness (QED) is 0.500. The van der Waals surface area contributed by atoms with Gasteiger partial charge in [-0.25, -0.2) is 9.50 Å². The van der Waals surface area contributed by atoms with E-state index in [1.807, 2.05) is 22.7 Å². The summed E-state index contributed by atoms with van der Waals surface area (Å²) in [6, 6.07) is 13.0. The van der Waals surface area contributed by atoms with Gasteiger partial charge in [-0.1, -0.05) is 6.07 Å². The number of nitrogens with zero attached hydrogens (tertiary/aromatic N) is 4. The molecule has 0 bridgehead atoms. The summed E-state index contributed by atoms with van der Waals surface area (Å²) < 4.78 is 1.87. The lowest BCUT2D eigenvalue weighted by Crippen LogP contribution is -2.28. The van der Waals surface area contributed by atoms with Gasteiger partial charge in [0.25, 0.3) is 5.56 Å². The van der Waals surface area contributed by atoms with Gasteiger partial charge >= 0.3 is 0 Å². The zero-order chi connectivity index (χ0) is 19.8. The van der Waals surface area contributed by atoms with Crippen LogP contribution in [0.2, 0.25) is 0 Å². The van der Waals surface area contributed by atoms with Crippen LogP contribution in [-0.4, -0.2) is 32.7 Å². The monoisotopic (exact) mass is 385 g/mol. The Morgan fingerprint density at radius 1 is 1.21 bits per heavy atom. The molecule has 1 saturated heterocycles. The summed E-state index contributed by atoms with van der Waals surface area (Å²) >= 11 is 0. The maximum absolute atomic E-state index is 12.5. The normalized spacial score (nSPS) is 14.9. The Balaban J connectivity index is 1.66. The van der Waals surface area contributed by atoms with E-state index in [-0.39, 0.29) is 5.56 Å². The molecule has 1 aliphatic rings. The van der Waals surface area contributed by atoms with Gasteiger partial charge in [0.15, 0.2) is 0 Å². The van der Waals surface area contributed by atoms with Gasteiger partial charge in [0.2, 0.25) is 0 Å². The fraction of sp³-hybridized carbons (Fsp3) is 0.238. The molecule has 0 unspecified atom stereocenters. The van der Waals surface area contributed by atoms with Crippen molar-refractivity contribution in [2.75, 3.05) is 18.4 Å². The van der Waals surface area contributed by atoms with E-state index in [1.54, 1.807) is 18.2 Å². The first-order valence-corrected chi connectivity index (χ1v) is 9.61. The molecule has 144 valence electrons. The molecule has 5 rings (SSSR count). The van der Waals surface area contributed by atoms with E-state index in [1.165, 1.54) is 6.20 Å². The molecule has 8 nitrogen and oxygen atoms in total. The fourth-order valence-corrected chi connectivity index (χ4v) is 3.97. The van der Waals surface area contributed by atoms with Crippen molar-refractivity contribution in [2.24, 2.45) is 0 Å². The summed E-state index contributed by atoms with van der Waals surface area (Å²) in [4.78, 5) is 19.7. The summed E-state index contributed by atoms with van der Waals surface area (Å²) in [6.07, 6.45) is 3.49. The van der Waals surface area contributed by atoms with Crippen molar-refractivity contribution in [3.05, 3.63) is 64.2 Å². The smallest absolute Gasteiger partial charge is 0.251 e. The number of rotatable bonds is 3. The van der Waals surface area contributed by atoms with Crippen molar-refractivity contribution >= 4 is 28.1 Å². The number of fused-ring (bicyclic) bond motifs is 3. The van der Waals surface area contributed by atoms with Gasteiger partial charge in [-0.15, -0.1) is 0 Å². The topological polar surface area (TPSA) is 111 Å². The largest absolute Gasteiger partial charge is 0.340 e. The first-order chi connectivity index (χ1) is 14.2. The van der Waals surface area contributed by atoms with Crippen molar-refractivity contribution in [1.29, 1.82) is 5.26 Å². The Kier molecular flexibility index (Phi) is 4.22. The summed E-state index contributed by atoms with van der Waals surface area (Å²) in [5.74, 6) is 0.916. The number of nitriles is 1. The molecule has 4 aromatic rings. The molecule has 0 saturated carbocycles. The lowest BCUT2D eigenvalue weighted by atomic mass is 9.94. The lowest BCUT2D eigenvalue weighted by molar-refractivity contribution is 0.446. The highest BCUT2D eigenvalue weighted by Crippen LogP contribution is 2.31. The van der Waals surface area contributed by atoms with E-state index in [2.05, 4.69) is 26.7 Å². The zero-order valence-electron chi connectivity index (χ0n) is 15.6. The van der Waals surface area contributed by atoms with Crippen LogP contribution in [-0.2, 0) is 0 Å². The molecule has 0 atom stereocenters. The van der Waals surface area contributed by atoms with Crippen LogP contribution in [0, 0.1) is 11.3 Å². The molecule has 3 aromatic heterocycles. The van der Waals surface area contributed by atoms with E-state index in [0.29, 0.717) is 22.9 Å². The molecule has 0 spiro atoms. The Bertz CT molecular complexity index is 1290. The van der Waals surface area contributed by atoms with Gasteiger partial charge in [-0.3, -0.25) is 4.79 Å². The highest BCUT2D eigenvalue weighted by Gasteiger charge is 2.21. The summed E-state index contributed by atoms with van der Waals surface area (Å²) in [7, 11) is 0. The lowest BCUT2D eigenvalue weighted by Gasteiger charge is -2.23. The third-order valence-electron chi connectivity index (χ3n) is 5.38. The average Bonchev–Trinajstić information content (AvgIpc) is 3.14. The third kappa shape index (κ3) is 3.11. The number of hydrogen-bond donors (Lipinski definition) is 3. The number of benzene rings is 1. The molecular weight excluding hydrogens is 366 g/mol. The second-order valence-electron chi connectivity index (χ2n) is 7.21. The second-order valence-corrected chi connectivity index (χ2v) is 7.21. The highest BCUT2D eigenvalue weighted by molar-refractivity contribution is 6.03. The van der Waals surface area contributed by atoms with Crippen LogP contribution < -0.4 is 16.2 Å². The van der Waals surface area contributed by atoms with Crippen LogP contribution in [0.1, 0.15) is 30.0 Å². The predicted molar refractivity (Wildman–Crippen MR) is 110 cm³/mol. The van der Waals surface area contributed by atoms with Gasteiger partial charge in [0.1, 0.15) is 17.5 Å². The molecule has 1 aromatic carbocycles. The number of anilines is 2. The van der Waals surface area contributed by atoms with Crippen LogP contribution in [0.4, 0.5) is 11.5 Å². The number of nitrogens with one attached hydrogen (secondary N) is 3. The van der Waals surface area contributed by atoms with Gasteiger partial charge in [0.05, 0.1) is 27.8 Å². The Morgan fingerprint density at radius 2 is 2.07 bits per heavy atom. The summed E-state index contributed by atoms with van der Waals surface area (Å²) in [5, 5.41) is 21.2. The second kappa shape index (κ2) is 7.04. The standard InChI is InChI=1S/C21H19N7O/c22-11-13-4-5-18(24-12-13)25-15-2-1-3-16-20(15)21-26-19(29)10-17(28(21)27-16)14-6-8-23-9-7-14/h1-5,10,12,14,23H,6-9H2,(H,24,25)(H,26,29). The maximum Gasteiger partial charge on any atom is 0.251 e. The molecule has 0 amide bonds. The molecule has 3 N–H and O–H groups in total. The average molecular weight is 385 g/mol. The van der Waals surface area contributed by atoms with Gasteiger partial charge in [0, 0.05) is 18.2 Å². The Hall–Kier alpha value is -3.70. The molecule has 1 aliphatic heterocycles. The number of H-pyrrole nitrogens is 1. The first-order valence-electron chi connectivity index (χ1n) is 9.61. The van der Waals surface area contributed by atoms with E-state index < -0.39 is 0 Å². The van der Waals surface area contributed by atoms with Crippen molar-refractivity contribution in [1.82, 2.24) is 24.9 Å². The third-order valence-corrected chi connectivity index (χ3v) is 5.38. The molecule has 0 radical (unpaired) electrons. The van der Waals surface area contributed by atoms with Crippen LogP contribution >= 0.6 is 0 Å². The van der Waals surface area contributed by atoms with E-state index >= 15 is 0 Å². The van der Waals surface area contributed by atoms with Crippen molar-refractivity contribution in [3.63, 3.8) is 0 Å². The predicted octanol–water partition coefficient (Wildman–Crippen LogP) is 2.65. The molecular formula is C21H19N7O. The molecule has 4 heterocycles. The van der Waals surface area contributed by atoms with Crippen LogP contribution in [0.5, 0.6) is 0 Å². The number of aromatic amines is 1. The number of hydrogen-bond acceptors (Lipinski definition) is 6. The minimum Gasteiger partial charge on any atom is -0.340 e. The summed E-state index contributed by atoms with van der Waals surface area (Å²) in [5.41, 5.74) is 3.59. The maximum atomic E-state index is 12.5.